The molecule has 0 bridgehead atoms. The van der Waals surface area contributed by atoms with Crippen molar-refractivity contribution >= 4 is 34.1 Å². The van der Waals surface area contributed by atoms with Gasteiger partial charge in [-0.15, -0.1) is 11.3 Å². The van der Waals surface area contributed by atoms with Crippen LogP contribution < -0.4 is 0 Å². The average molecular weight is 380 g/mol. The van der Waals surface area contributed by atoms with Crippen molar-refractivity contribution in [1.82, 2.24) is 9.88 Å². The summed E-state index contributed by atoms with van der Waals surface area (Å²) in [5, 5.41) is 11.8. The number of rotatable bonds is 4. The predicted molar refractivity (Wildman–Crippen MR) is 106 cm³/mol. The number of hydrogen-bond donors (Lipinski definition) is 1. The zero-order chi connectivity index (χ0) is 18.8. The number of hydrogen-bond acceptors (Lipinski definition) is 4. The van der Waals surface area contributed by atoms with E-state index in [1.807, 2.05) is 52.7 Å². The molecule has 0 atom stereocenters. The SMILES string of the molecule is O=C(O)CC1CCN(C(=O)c2cc(-c3cccs3)nc3ccccc23)CC1. The summed E-state index contributed by atoms with van der Waals surface area (Å²) in [5.74, 6) is -0.608. The molecule has 3 heterocycles. The highest BCUT2D eigenvalue weighted by Gasteiger charge is 2.26. The van der Waals surface area contributed by atoms with E-state index in [9.17, 15) is 9.59 Å². The van der Waals surface area contributed by atoms with Crippen LogP contribution in [0.15, 0.2) is 47.8 Å². The first-order chi connectivity index (χ1) is 13.1. The number of carbonyl (C=O) groups excluding carboxylic acids is 1. The van der Waals surface area contributed by atoms with E-state index in [4.69, 9.17) is 10.1 Å². The van der Waals surface area contributed by atoms with Crippen LogP contribution in [0.25, 0.3) is 21.5 Å². The van der Waals surface area contributed by atoms with Gasteiger partial charge in [-0.25, -0.2) is 4.98 Å². The molecule has 0 radical (unpaired) electrons. The molecule has 1 N–H and O–H groups in total. The number of aromatic nitrogens is 1. The number of pyridine rings is 1. The minimum atomic E-state index is -0.763. The largest absolute Gasteiger partial charge is 0.481 e. The van der Waals surface area contributed by atoms with E-state index in [2.05, 4.69) is 0 Å². The van der Waals surface area contributed by atoms with Crippen LogP contribution >= 0.6 is 11.3 Å². The minimum Gasteiger partial charge on any atom is -0.481 e. The van der Waals surface area contributed by atoms with Crippen LogP contribution in [0.1, 0.15) is 29.6 Å². The zero-order valence-electron chi connectivity index (χ0n) is 14.8. The molecule has 0 spiro atoms. The third kappa shape index (κ3) is 3.71. The summed E-state index contributed by atoms with van der Waals surface area (Å²) in [4.78, 5) is 31.8. The van der Waals surface area contributed by atoms with Gasteiger partial charge in [0.05, 0.1) is 21.7 Å². The maximum atomic E-state index is 13.2. The van der Waals surface area contributed by atoms with Crippen molar-refractivity contribution in [2.45, 2.75) is 19.3 Å². The number of likely N-dealkylation sites (tertiary alicyclic amines) is 1. The lowest BCUT2D eigenvalue weighted by Crippen LogP contribution is -2.39. The Morgan fingerprint density at radius 1 is 1.15 bits per heavy atom. The Bertz CT molecular complexity index is 976. The Labute approximate surface area is 161 Å². The lowest BCUT2D eigenvalue weighted by Gasteiger charge is -2.31. The number of carbonyl (C=O) groups is 2. The molecule has 0 saturated carbocycles. The predicted octanol–water partition coefficient (Wildman–Crippen LogP) is 4.29. The van der Waals surface area contributed by atoms with Crippen LogP contribution in [0.2, 0.25) is 0 Å². The van der Waals surface area contributed by atoms with Gasteiger partial charge in [0, 0.05) is 24.9 Å². The average Bonchev–Trinajstić information content (AvgIpc) is 3.21. The van der Waals surface area contributed by atoms with Crippen molar-refractivity contribution in [3.8, 4) is 10.6 Å². The lowest BCUT2D eigenvalue weighted by atomic mass is 9.93. The second kappa shape index (κ2) is 7.48. The number of nitrogens with zero attached hydrogens (tertiary/aromatic N) is 2. The molecule has 2 aromatic heterocycles. The standard InChI is InChI=1S/C21H20N2O3S/c24-20(25)12-14-7-9-23(10-8-14)21(26)16-13-18(19-6-3-11-27-19)22-17-5-2-1-4-15(16)17/h1-6,11,13-14H,7-10,12H2,(H,24,25). The van der Waals surface area contributed by atoms with E-state index < -0.39 is 5.97 Å². The number of aliphatic carboxylic acids is 1. The van der Waals surface area contributed by atoms with Crippen molar-refractivity contribution in [1.29, 1.82) is 0 Å². The zero-order valence-corrected chi connectivity index (χ0v) is 15.6. The molecular formula is C21H20N2O3S. The van der Waals surface area contributed by atoms with Crippen molar-refractivity contribution in [2.24, 2.45) is 5.92 Å². The van der Waals surface area contributed by atoms with Gasteiger partial charge >= 0.3 is 5.97 Å². The molecule has 3 aromatic rings. The van der Waals surface area contributed by atoms with Crippen LogP contribution in [-0.4, -0.2) is 40.0 Å². The summed E-state index contributed by atoms with van der Waals surface area (Å²) in [7, 11) is 0. The van der Waals surface area contributed by atoms with Gasteiger partial charge in [-0.1, -0.05) is 24.3 Å². The van der Waals surface area contributed by atoms with Gasteiger partial charge in [-0.3, -0.25) is 9.59 Å². The number of piperidine rings is 1. The second-order valence-electron chi connectivity index (χ2n) is 6.88. The highest BCUT2D eigenvalue weighted by molar-refractivity contribution is 7.13. The van der Waals surface area contributed by atoms with Crippen molar-refractivity contribution in [2.75, 3.05) is 13.1 Å². The second-order valence-corrected chi connectivity index (χ2v) is 7.83. The van der Waals surface area contributed by atoms with E-state index in [-0.39, 0.29) is 18.2 Å². The minimum absolute atomic E-state index is 0.000168. The summed E-state index contributed by atoms with van der Waals surface area (Å²) in [5.41, 5.74) is 2.29. The summed E-state index contributed by atoms with van der Waals surface area (Å²) >= 11 is 1.60. The first kappa shape index (κ1) is 17.7. The van der Waals surface area contributed by atoms with E-state index >= 15 is 0 Å². The topological polar surface area (TPSA) is 70.5 Å². The molecule has 27 heavy (non-hydrogen) atoms. The van der Waals surface area contributed by atoms with Crippen molar-refractivity contribution < 1.29 is 14.7 Å². The highest BCUT2D eigenvalue weighted by Crippen LogP contribution is 2.29. The summed E-state index contributed by atoms with van der Waals surface area (Å²) in [6.45, 7) is 1.20. The normalized spacial score (nSPS) is 15.2. The molecule has 1 aromatic carbocycles. The highest BCUT2D eigenvalue weighted by atomic mass is 32.1. The Balaban J connectivity index is 1.64. The first-order valence-corrected chi connectivity index (χ1v) is 9.94. The van der Waals surface area contributed by atoms with E-state index in [0.29, 0.717) is 18.7 Å². The van der Waals surface area contributed by atoms with E-state index in [1.54, 1.807) is 11.3 Å². The van der Waals surface area contributed by atoms with Crippen molar-refractivity contribution in [3.63, 3.8) is 0 Å². The molecule has 0 aliphatic carbocycles. The van der Waals surface area contributed by atoms with E-state index in [0.717, 1.165) is 34.3 Å². The molecule has 1 amide bonds. The van der Waals surface area contributed by atoms with Gasteiger partial charge in [0.25, 0.3) is 5.91 Å². The molecule has 1 fully saturated rings. The number of carboxylic acids is 1. The van der Waals surface area contributed by atoms with Gasteiger partial charge in [-0.2, -0.15) is 0 Å². The molecule has 4 rings (SSSR count). The molecule has 138 valence electrons. The third-order valence-electron chi connectivity index (χ3n) is 5.09. The van der Waals surface area contributed by atoms with Crippen molar-refractivity contribution in [3.05, 3.63) is 53.4 Å². The van der Waals surface area contributed by atoms with Crippen LogP contribution in [0.5, 0.6) is 0 Å². The third-order valence-corrected chi connectivity index (χ3v) is 5.98. The fraction of sp³-hybridized carbons (Fsp3) is 0.286. The summed E-state index contributed by atoms with van der Waals surface area (Å²) in [6, 6.07) is 13.6. The summed E-state index contributed by atoms with van der Waals surface area (Å²) in [6.07, 6.45) is 1.65. The van der Waals surface area contributed by atoms with Gasteiger partial charge in [0.1, 0.15) is 0 Å². The number of carboxylic acid groups (broad SMARTS) is 1. The fourth-order valence-corrected chi connectivity index (χ4v) is 4.35. The van der Waals surface area contributed by atoms with E-state index in [1.165, 1.54) is 0 Å². The Morgan fingerprint density at radius 3 is 2.63 bits per heavy atom. The molecule has 5 nitrogen and oxygen atoms in total. The smallest absolute Gasteiger partial charge is 0.303 e. The Hall–Kier alpha value is -2.73. The van der Waals surface area contributed by atoms with Crippen LogP contribution in [-0.2, 0) is 4.79 Å². The molecule has 1 aliphatic heterocycles. The van der Waals surface area contributed by atoms with Crippen LogP contribution in [0.3, 0.4) is 0 Å². The quantitative estimate of drug-likeness (QED) is 0.733. The molecule has 1 aliphatic rings. The Morgan fingerprint density at radius 2 is 1.93 bits per heavy atom. The number of benzene rings is 1. The number of fused-ring (bicyclic) bond motifs is 1. The van der Waals surface area contributed by atoms with Gasteiger partial charge in [-0.05, 0) is 42.3 Å². The summed E-state index contributed by atoms with van der Waals surface area (Å²) < 4.78 is 0. The van der Waals surface area contributed by atoms with Gasteiger partial charge in [0.15, 0.2) is 0 Å². The maximum Gasteiger partial charge on any atom is 0.303 e. The number of thiophene rings is 1. The molecule has 0 unspecified atom stereocenters. The maximum absolute atomic E-state index is 13.2. The monoisotopic (exact) mass is 380 g/mol. The van der Waals surface area contributed by atoms with Crippen LogP contribution in [0.4, 0.5) is 0 Å². The lowest BCUT2D eigenvalue weighted by molar-refractivity contribution is -0.138. The van der Waals surface area contributed by atoms with Gasteiger partial charge in [0.2, 0.25) is 0 Å². The first-order valence-electron chi connectivity index (χ1n) is 9.06. The molecule has 1 saturated heterocycles. The van der Waals surface area contributed by atoms with Gasteiger partial charge < -0.3 is 10.0 Å². The fourth-order valence-electron chi connectivity index (χ4n) is 3.66. The molecule has 6 heteroatoms. The molecular weight excluding hydrogens is 360 g/mol. The van der Waals surface area contributed by atoms with Crippen LogP contribution in [0, 0.1) is 5.92 Å². The number of amides is 1. The Kier molecular flexibility index (Phi) is 4.90. The number of para-hydroxylation sites is 1.